The van der Waals surface area contributed by atoms with E-state index in [9.17, 15) is 0 Å². The third-order valence-corrected chi connectivity index (χ3v) is 0. The summed E-state index contributed by atoms with van der Waals surface area (Å²) in [6, 6.07) is 0. The molecule has 0 aliphatic heterocycles. The quantitative estimate of drug-likeness (QED) is 0.435. The molecule has 0 atom stereocenters. The van der Waals surface area contributed by atoms with Crippen molar-refractivity contribution in [1.82, 2.24) is 0 Å². The number of halogens is 1. The van der Waals surface area contributed by atoms with Gasteiger partial charge < -0.3 is 0 Å². The minimum atomic E-state index is 0.109. The van der Waals surface area contributed by atoms with Crippen molar-refractivity contribution in [3.8, 4) is 0 Å². The van der Waals surface area contributed by atoms with Gasteiger partial charge in [0.1, 0.15) is 0 Å². The van der Waals surface area contributed by atoms with Crippen molar-refractivity contribution >= 4 is 43.3 Å². The van der Waals surface area contributed by atoms with Crippen molar-refractivity contribution in [2.45, 2.75) is 0 Å². The predicted octanol–water partition coefficient (Wildman–Crippen LogP) is 2.34. The van der Waals surface area contributed by atoms with Crippen molar-refractivity contribution < 1.29 is 0 Å². The standard InChI is InChI=1S/HIP2S/c1-4(2)3/h2H. The van der Waals surface area contributed by atoms with Gasteiger partial charge in [0.25, 0.3) is 0 Å². The van der Waals surface area contributed by atoms with Gasteiger partial charge in [0, 0.05) is 0 Å². The van der Waals surface area contributed by atoms with Crippen LogP contribution in [0.5, 0.6) is 0 Å². The van der Waals surface area contributed by atoms with Gasteiger partial charge in [-0.25, -0.2) is 0 Å². The molecular weight excluding hydrogens is 221 g/mol. The first-order valence-electron chi connectivity index (χ1n) is 0.541. The van der Waals surface area contributed by atoms with Crippen LogP contribution in [0.25, 0.3) is 0 Å². The second-order valence-electron chi connectivity index (χ2n) is 0.237. The van der Waals surface area contributed by atoms with Crippen molar-refractivity contribution in [3.05, 3.63) is 0 Å². The van der Waals surface area contributed by atoms with Gasteiger partial charge in [0.05, 0.1) is 0 Å². The maximum absolute atomic E-state index is 3.89. The monoisotopic (exact) mass is 222 g/mol. The molecule has 4 heteroatoms. The zero-order chi connectivity index (χ0) is 3.58. The molecule has 0 saturated heterocycles. The van der Waals surface area contributed by atoms with E-state index in [2.05, 4.69) is 37.0 Å². The summed E-state index contributed by atoms with van der Waals surface area (Å²) in [5, 5.41) is 0. The van der Waals surface area contributed by atoms with Gasteiger partial charge in [-0.05, 0) is 0 Å². The van der Waals surface area contributed by atoms with Crippen molar-refractivity contribution in [1.29, 1.82) is 0 Å². The van der Waals surface area contributed by atoms with E-state index in [1.165, 1.54) is 0 Å². The molecule has 0 amide bonds. The van der Waals surface area contributed by atoms with E-state index in [0.717, 1.165) is 0 Å². The fourth-order valence-electron chi connectivity index (χ4n) is 0. The van der Waals surface area contributed by atoms with Crippen LogP contribution in [-0.2, 0) is 6.22 Å². The van der Waals surface area contributed by atoms with Crippen LogP contribution in [-0.4, -0.2) is 0 Å². The van der Waals surface area contributed by atoms with Crippen LogP contribution in [0.4, 0.5) is 0 Å². The average Bonchev–Trinajstić information content (AvgIpc) is 0.811. The van der Waals surface area contributed by atoms with E-state index in [1.807, 2.05) is 0 Å². The molecule has 0 aliphatic carbocycles. The Labute approximate surface area is 43.2 Å². The van der Waals surface area contributed by atoms with Crippen LogP contribution in [0, 0.1) is 0 Å². The first kappa shape index (κ1) is 5.68. The molecule has 0 aromatic heterocycles. The first-order chi connectivity index (χ1) is 1.73. The molecule has 0 heterocycles. The molecule has 0 unspecified atom stereocenters. The van der Waals surface area contributed by atoms with Gasteiger partial charge in [0.15, 0.2) is 0 Å². The molecule has 0 fully saturated rings. The Morgan fingerprint density at radius 3 is 2.00 bits per heavy atom. The summed E-state index contributed by atoms with van der Waals surface area (Å²) in [5.74, 6) is 0. The molecule has 0 nitrogen and oxygen atoms in total. The summed E-state index contributed by atoms with van der Waals surface area (Å²) >= 11 is 2.15. The summed E-state index contributed by atoms with van der Waals surface area (Å²) in [5.41, 5.74) is 0. The Balaban J connectivity index is 3.85. The third-order valence-electron chi connectivity index (χ3n) is 0. The second-order valence-corrected chi connectivity index (χ2v) is 11.3. The molecule has 0 bridgehead atoms. The molecule has 0 N–H and O–H groups in total. The van der Waals surface area contributed by atoms with Crippen molar-refractivity contribution in [2.24, 2.45) is 0 Å². The molecular formula is HIP2S. The summed E-state index contributed by atoms with van der Waals surface area (Å²) in [6.45, 7) is 0. The Morgan fingerprint density at radius 2 is 2.00 bits per heavy atom. The molecule has 0 spiro atoms. The number of hydrogen-bond donors (Lipinski definition) is 0. The molecule has 0 radical (unpaired) electrons. The Hall–Kier alpha value is 1.68. The fraction of sp³-hybridized carbons (Fsp3) is 0. The van der Waals surface area contributed by atoms with Gasteiger partial charge in [-0.15, -0.1) is 0 Å². The number of rotatable bonds is 0. The van der Waals surface area contributed by atoms with Crippen LogP contribution in [0.1, 0.15) is 0 Å². The van der Waals surface area contributed by atoms with Gasteiger partial charge in [0.2, 0.25) is 0 Å². The van der Waals surface area contributed by atoms with E-state index >= 15 is 0 Å². The van der Waals surface area contributed by atoms with Crippen LogP contribution >= 0.6 is 37.0 Å². The number of hydrogen-bond acceptors (Lipinski definition) is 0. The topological polar surface area (TPSA) is 0 Å². The summed E-state index contributed by atoms with van der Waals surface area (Å²) < 4.78 is 0. The van der Waals surface area contributed by atoms with Crippen molar-refractivity contribution in [2.75, 3.05) is 0 Å². The molecule has 0 aromatic rings. The van der Waals surface area contributed by atoms with E-state index in [4.69, 9.17) is 0 Å². The molecule has 0 rings (SSSR count). The summed E-state index contributed by atoms with van der Waals surface area (Å²) in [7, 11) is 7.08. The maximum atomic E-state index is 3.89. The molecule has 0 aromatic carbocycles. The zero-order valence-electron chi connectivity index (χ0n) is 1.73. The molecule has 0 saturated carbocycles. The summed E-state index contributed by atoms with van der Waals surface area (Å²) in [6.07, 6.45) is 0.109. The van der Waals surface area contributed by atoms with Crippen LogP contribution in [0.15, 0.2) is 0 Å². The van der Waals surface area contributed by atoms with E-state index in [-0.39, 0.29) is 6.22 Å². The van der Waals surface area contributed by atoms with Crippen LogP contribution in [0.3, 0.4) is 0 Å². The van der Waals surface area contributed by atoms with Crippen molar-refractivity contribution in [3.63, 3.8) is 0 Å². The Bertz CT molecular complexity index is 96.2. The van der Waals surface area contributed by atoms with E-state index in [1.54, 1.807) is 0 Å². The average molecular weight is 222 g/mol. The predicted molar refractivity (Wildman–Crippen MR) is 36.6 cm³/mol. The molecule has 24 valence electrons. The first-order valence-corrected chi connectivity index (χ1v) is 6.59. The van der Waals surface area contributed by atoms with Gasteiger partial charge in [-0.1, -0.05) is 0 Å². The summed E-state index contributed by atoms with van der Waals surface area (Å²) in [4.78, 5) is 0. The van der Waals surface area contributed by atoms with Gasteiger partial charge in [-0.2, -0.15) is 0 Å². The van der Waals surface area contributed by atoms with Crippen LogP contribution in [0.2, 0.25) is 0 Å². The molecule has 4 heavy (non-hydrogen) atoms. The minimum absolute atomic E-state index is 0.109. The van der Waals surface area contributed by atoms with Gasteiger partial charge >= 0.3 is 43.3 Å². The van der Waals surface area contributed by atoms with E-state index in [0.29, 0.717) is 0 Å². The fourth-order valence-corrected chi connectivity index (χ4v) is 0. The SMILES string of the molecule is P#S(=P)I. The van der Waals surface area contributed by atoms with E-state index < -0.39 is 0 Å². The Morgan fingerprint density at radius 1 is 2.00 bits per heavy atom. The second kappa shape index (κ2) is 2.89. The zero-order valence-corrected chi connectivity index (χ0v) is 6.60. The molecule has 0 aliphatic rings. The van der Waals surface area contributed by atoms with Crippen LogP contribution < -0.4 is 0 Å². The normalized spacial score (nSPS) is 6.00. The third kappa shape index (κ3) is 9.36. The Kier molecular flexibility index (Phi) is 4.11. The van der Waals surface area contributed by atoms with Gasteiger partial charge in [-0.3, -0.25) is 0 Å².